The average molecular weight is 569 g/mol. The molecule has 204 valence electrons. The predicted octanol–water partition coefficient (Wildman–Crippen LogP) is 6.05. The van der Waals surface area contributed by atoms with Crippen LogP contribution in [0.3, 0.4) is 0 Å². The lowest BCUT2D eigenvalue weighted by atomic mass is 9.86. The molecule has 0 aliphatic heterocycles. The van der Waals surface area contributed by atoms with Gasteiger partial charge in [0.2, 0.25) is 5.91 Å². The molecule has 0 saturated carbocycles. The normalized spacial score (nSPS) is 12.2. The SMILES string of the molecule is CC(C)(C)c1ccccc1OCCNC(=O)CN(c1cc(C(F)(F)F)ccc1Cl)S(=O)(=O)c1ccccc1. The van der Waals surface area contributed by atoms with Gasteiger partial charge in [-0.25, -0.2) is 8.42 Å². The predicted molar refractivity (Wildman–Crippen MR) is 141 cm³/mol. The molecule has 3 rings (SSSR count). The maximum atomic E-state index is 13.4. The van der Waals surface area contributed by atoms with Crippen molar-refractivity contribution in [2.75, 3.05) is 24.0 Å². The second-order valence-electron chi connectivity index (χ2n) is 9.43. The third-order valence-corrected chi connectivity index (χ3v) is 7.63. The number of rotatable bonds is 9. The number of ether oxygens (including phenoxy) is 1. The zero-order valence-corrected chi connectivity index (χ0v) is 22.6. The number of para-hydroxylation sites is 1. The van der Waals surface area contributed by atoms with Crippen molar-refractivity contribution in [3.05, 3.63) is 88.9 Å². The third kappa shape index (κ3) is 7.20. The van der Waals surface area contributed by atoms with E-state index in [1.165, 1.54) is 24.3 Å². The minimum Gasteiger partial charge on any atom is -0.491 e. The van der Waals surface area contributed by atoms with Crippen LogP contribution < -0.4 is 14.4 Å². The second kappa shape index (κ2) is 11.7. The zero-order chi connectivity index (χ0) is 28.1. The largest absolute Gasteiger partial charge is 0.491 e. The topological polar surface area (TPSA) is 75.7 Å². The number of hydrogen-bond donors (Lipinski definition) is 1. The Labute approximate surface area is 225 Å². The number of amides is 1. The molecule has 11 heteroatoms. The highest BCUT2D eigenvalue weighted by molar-refractivity contribution is 7.92. The first-order chi connectivity index (χ1) is 17.7. The van der Waals surface area contributed by atoms with Gasteiger partial charge in [-0.2, -0.15) is 13.2 Å². The van der Waals surface area contributed by atoms with Crippen molar-refractivity contribution < 1.29 is 31.1 Å². The maximum Gasteiger partial charge on any atom is 0.416 e. The summed E-state index contributed by atoms with van der Waals surface area (Å²) in [4.78, 5) is 12.6. The molecule has 0 unspecified atom stereocenters. The number of nitrogens with zero attached hydrogens (tertiary/aromatic N) is 1. The molecule has 0 aromatic heterocycles. The molecule has 0 bridgehead atoms. The Balaban J connectivity index is 1.81. The number of alkyl halides is 3. The van der Waals surface area contributed by atoms with Crippen LogP contribution in [-0.2, 0) is 26.4 Å². The van der Waals surface area contributed by atoms with Gasteiger partial charge in [0.05, 0.1) is 27.7 Å². The lowest BCUT2D eigenvalue weighted by Crippen LogP contribution is -2.42. The summed E-state index contributed by atoms with van der Waals surface area (Å²) in [6, 6.07) is 16.9. The Kier molecular flexibility index (Phi) is 8.99. The van der Waals surface area contributed by atoms with Crippen LogP contribution in [0.1, 0.15) is 31.9 Å². The highest BCUT2D eigenvalue weighted by Gasteiger charge is 2.34. The highest BCUT2D eigenvalue weighted by Crippen LogP contribution is 2.37. The fraction of sp³-hybridized carbons (Fsp3) is 0.296. The molecule has 0 aliphatic rings. The van der Waals surface area contributed by atoms with Crippen LogP contribution in [0.2, 0.25) is 5.02 Å². The Hall–Kier alpha value is -3.24. The minimum atomic E-state index is -4.75. The van der Waals surface area contributed by atoms with E-state index in [-0.39, 0.29) is 28.5 Å². The van der Waals surface area contributed by atoms with Crippen LogP contribution in [0.15, 0.2) is 77.7 Å². The van der Waals surface area contributed by atoms with Crippen molar-refractivity contribution in [2.24, 2.45) is 0 Å². The first kappa shape index (κ1) is 29.3. The van der Waals surface area contributed by atoms with E-state index in [0.29, 0.717) is 16.1 Å². The number of hydrogen-bond acceptors (Lipinski definition) is 4. The molecule has 0 aliphatic carbocycles. The molecule has 6 nitrogen and oxygen atoms in total. The van der Waals surface area contributed by atoms with Gasteiger partial charge in [-0.1, -0.05) is 68.8 Å². The molecule has 38 heavy (non-hydrogen) atoms. The third-order valence-electron chi connectivity index (χ3n) is 5.54. The van der Waals surface area contributed by atoms with Crippen LogP contribution in [0.5, 0.6) is 5.75 Å². The van der Waals surface area contributed by atoms with Crippen molar-refractivity contribution in [1.82, 2.24) is 5.32 Å². The van der Waals surface area contributed by atoms with Gasteiger partial charge in [0, 0.05) is 0 Å². The lowest BCUT2D eigenvalue weighted by molar-refractivity contribution is -0.137. The molecule has 3 aromatic carbocycles. The molecule has 3 aromatic rings. The Morgan fingerprint density at radius 1 is 0.974 bits per heavy atom. The number of anilines is 1. The second-order valence-corrected chi connectivity index (χ2v) is 11.7. The van der Waals surface area contributed by atoms with Crippen molar-refractivity contribution >= 4 is 33.2 Å². The Morgan fingerprint density at radius 2 is 1.61 bits per heavy atom. The Morgan fingerprint density at radius 3 is 2.24 bits per heavy atom. The summed E-state index contributed by atoms with van der Waals surface area (Å²) < 4.78 is 73.4. The lowest BCUT2D eigenvalue weighted by Gasteiger charge is -2.26. The van der Waals surface area contributed by atoms with E-state index in [1.54, 1.807) is 6.07 Å². The summed E-state index contributed by atoms with van der Waals surface area (Å²) in [5.41, 5.74) is -0.755. The van der Waals surface area contributed by atoms with E-state index in [9.17, 15) is 26.4 Å². The number of carbonyl (C=O) groups excluding carboxylic acids is 1. The monoisotopic (exact) mass is 568 g/mol. The molecule has 0 saturated heterocycles. The summed E-state index contributed by atoms with van der Waals surface area (Å²) in [5, 5.41) is 2.31. The van der Waals surface area contributed by atoms with Gasteiger partial charge in [-0.15, -0.1) is 0 Å². The maximum absolute atomic E-state index is 13.4. The van der Waals surface area contributed by atoms with Crippen molar-refractivity contribution in [3.8, 4) is 5.75 Å². The van der Waals surface area contributed by atoms with Crippen LogP contribution in [0.4, 0.5) is 18.9 Å². The van der Waals surface area contributed by atoms with E-state index in [2.05, 4.69) is 5.32 Å². The summed E-state index contributed by atoms with van der Waals surface area (Å²) in [5.74, 6) is -0.0935. The zero-order valence-electron chi connectivity index (χ0n) is 21.0. The molecular weight excluding hydrogens is 541 g/mol. The van der Waals surface area contributed by atoms with Gasteiger partial charge in [0.25, 0.3) is 10.0 Å². The Bertz CT molecular complexity index is 1380. The van der Waals surface area contributed by atoms with Crippen LogP contribution in [0, 0.1) is 0 Å². The molecule has 0 radical (unpaired) electrons. The number of sulfonamides is 1. The van der Waals surface area contributed by atoms with Crippen molar-refractivity contribution in [2.45, 2.75) is 37.3 Å². The average Bonchev–Trinajstić information content (AvgIpc) is 2.85. The summed E-state index contributed by atoms with van der Waals surface area (Å²) in [6.45, 7) is 5.45. The quantitative estimate of drug-likeness (QED) is 0.319. The molecular formula is C27H28ClF3N2O4S. The van der Waals surface area contributed by atoms with Gasteiger partial charge < -0.3 is 10.1 Å². The van der Waals surface area contributed by atoms with Crippen LogP contribution in [-0.4, -0.2) is 34.0 Å². The van der Waals surface area contributed by atoms with E-state index in [1.807, 2.05) is 45.0 Å². The molecule has 0 atom stereocenters. The van der Waals surface area contributed by atoms with Gasteiger partial charge in [-0.05, 0) is 47.4 Å². The highest BCUT2D eigenvalue weighted by atomic mass is 35.5. The van der Waals surface area contributed by atoms with Gasteiger partial charge in [-0.3, -0.25) is 9.10 Å². The van der Waals surface area contributed by atoms with E-state index >= 15 is 0 Å². The molecule has 1 N–H and O–H groups in total. The minimum absolute atomic E-state index is 0.0346. The standard InChI is InChI=1S/C27H28ClF3N2O4S/c1-26(2,3)21-11-7-8-12-24(21)37-16-15-32-25(34)18-33(38(35,36)20-9-5-4-6-10-20)23-17-19(27(29,30)31)13-14-22(23)28/h4-14,17H,15-16,18H2,1-3H3,(H,32,34). The summed E-state index contributed by atoms with van der Waals surface area (Å²) in [6.07, 6.45) is -4.75. The molecule has 0 fully saturated rings. The molecule has 0 spiro atoms. The first-order valence-electron chi connectivity index (χ1n) is 11.6. The van der Waals surface area contributed by atoms with Gasteiger partial charge in [0.1, 0.15) is 18.9 Å². The van der Waals surface area contributed by atoms with E-state index in [0.717, 1.165) is 17.7 Å². The number of nitrogens with one attached hydrogen (secondary N) is 1. The number of carbonyl (C=O) groups is 1. The smallest absolute Gasteiger partial charge is 0.416 e. The van der Waals surface area contributed by atoms with Crippen LogP contribution >= 0.6 is 11.6 Å². The van der Waals surface area contributed by atoms with Gasteiger partial charge in [0.15, 0.2) is 0 Å². The fourth-order valence-corrected chi connectivity index (χ4v) is 5.37. The van der Waals surface area contributed by atoms with Crippen LogP contribution in [0.25, 0.3) is 0 Å². The fourth-order valence-electron chi connectivity index (χ4n) is 3.65. The molecule has 1 amide bonds. The summed E-state index contributed by atoms with van der Waals surface area (Å²) >= 11 is 6.14. The van der Waals surface area contributed by atoms with Gasteiger partial charge >= 0.3 is 6.18 Å². The van der Waals surface area contributed by atoms with E-state index in [4.69, 9.17) is 16.3 Å². The van der Waals surface area contributed by atoms with Crippen molar-refractivity contribution in [1.29, 1.82) is 0 Å². The van der Waals surface area contributed by atoms with E-state index < -0.39 is 39.9 Å². The first-order valence-corrected chi connectivity index (χ1v) is 13.5. The molecule has 0 heterocycles. The van der Waals surface area contributed by atoms with Crippen molar-refractivity contribution in [3.63, 3.8) is 0 Å². The summed E-state index contributed by atoms with van der Waals surface area (Å²) in [7, 11) is -4.44. The number of halogens is 4. The number of benzene rings is 3.